The summed E-state index contributed by atoms with van der Waals surface area (Å²) in [6.07, 6.45) is 0.743. The molecule has 0 saturated carbocycles. The number of halogens is 2. The minimum absolute atomic E-state index is 0.0479. The Morgan fingerprint density at radius 3 is 2.65 bits per heavy atom. The van der Waals surface area contributed by atoms with Crippen molar-refractivity contribution in [3.05, 3.63) is 38.9 Å². The molecule has 0 aliphatic carbocycles. The largest absolute Gasteiger partial charge is 0.350 e. The Labute approximate surface area is 127 Å². The Balaban J connectivity index is 2.80. The Bertz CT molecular complexity index is 506. The summed E-state index contributed by atoms with van der Waals surface area (Å²) in [5, 5.41) is 13.3. The van der Waals surface area contributed by atoms with Crippen LogP contribution >= 0.6 is 23.2 Å². The molecular formula is C13H16Cl2N2O3. The van der Waals surface area contributed by atoms with Crippen LogP contribution in [0.2, 0.25) is 5.02 Å². The minimum atomic E-state index is -0.632. The fourth-order valence-electron chi connectivity index (χ4n) is 1.78. The van der Waals surface area contributed by atoms with Gasteiger partial charge in [0.25, 0.3) is 11.6 Å². The molecule has 1 amide bonds. The van der Waals surface area contributed by atoms with Crippen molar-refractivity contribution < 1.29 is 9.72 Å². The van der Waals surface area contributed by atoms with Gasteiger partial charge in [0.2, 0.25) is 0 Å². The fraction of sp³-hybridized carbons (Fsp3) is 0.462. The summed E-state index contributed by atoms with van der Waals surface area (Å²) < 4.78 is 0. The van der Waals surface area contributed by atoms with Gasteiger partial charge in [-0.1, -0.05) is 31.5 Å². The maximum absolute atomic E-state index is 12.0. The van der Waals surface area contributed by atoms with E-state index in [1.807, 2.05) is 13.8 Å². The van der Waals surface area contributed by atoms with Crippen molar-refractivity contribution >= 4 is 34.8 Å². The zero-order chi connectivity index (χ0) is 15.3. The van der Waals surface area contributed by atoms with Gasteiger partial charge in [-0.25, -0.2) is 0 Å². The second kappa shape index (κ2) is 7.45. The number of nitro groups is 1. The summed E-state index contributed by atoms with van der Waals surface area (Å²) in [6, 6.07) is 4.11. The van der Waals surface area contributed by atoms with Crippen LogP contribution in [0.15, 0.2) is 18.2 Å². The first-order valence-electron chi connectivity index (χ1n) is 6.18. The van der Waals surface area contributed by atoms with Crippen molar-refractivity contribution in [3.63, 3.8) is 0 Å². The van der Waals surface area contributed by atoms with E-state index in [1.54, 1.807) is 0 Å². The molecule has 0 spiro atoms. The molecule has 20 heavy (non-hydrogen) atoms. The van der Waals surface area contributed by atoms with Gasteiger partial charge in [0, 0.05) is 12.6 Å². The molecule has 0 fully saturated rings. The van der Waals surface area contributed by atoms with Gasteiger partial charge >= 0.3 is 0 Å². The molecule has 110 valence electrons. The minimum Gasteiger partial charge on any atom is -0.350 e. The van der Waals surface area contributed by atoms with E-state index in [2.05, 4.69) is 5.32 Å². The monoisotopic (exact) mass is 318 g/mol. The van der Waals surface area contributed by atoms with Crippen LogP contribution in [0.5, 0.6) is 0 Å². The predicted octanol–water partition coefficient (Wildman–Crippen LogP) is 3.63. The number of carbonyl (C=O) groups is 1. The molecular weight excluding hydrogens is 303 g/mol. The first-order chi connectivity index (χ1) is 9.32. The van der Waals surface area contributed by atoms with Gasteiger partial charge < -0.3 is 5.32 Å². The van der Waals surface area contributed by atoms with Gasteiger partial charge in [-0.15, -0.1) is 11.6 Å². The van der Waals surface area contributed by atoms with Gasteiger partial charge in [0.1, 0.15) is 5.56 Å². The second-order valence-electron chi connectivity index (χ2n) is 4.83. The molecule has 7 heteroatoms. The summed E-state index contributed by atoms with van der Waals surface area (Å²) in [5.74, 6) is -0.180. The van der Waals surface area contributed by atoms with E-state index in [9.17, 15) is 14.9 Å². The number of hydrogen-bond donors (Lipinski definition) is 1. The number of hydrogen-bond acceptors (Lipinski definition) is 3. The number of benzene rings is 1. The van der Waals surface area contributed by atoms with E-state index < -0.39 is 10.8 Å². The van der Waals surface area contributed by atoms with Crippen molar-refractivity contribution in [1.82, 2.24) is 5.32 Å². The van der Waals surface area contributed by atoms with Gasteiger partial charge in [-0.2, -0.15) is 0 Å². The highest BCUT2D eigenvalue weighted by Crippen LogP contribution is 2.26. The summed E-state index contributed by atoms with van der Waals surface area (Å²) in [6.45, 7) is 4.28. The van der Waals surface area contributed by atoms with E-state index in [0.717, 1.165) is 6.42 Å². The van der Waals surface area contributed by atoms with Crippen LogP contribution in [-0.2, 0) is 0 Å². The molecule has 0 aliphatic heterocycles. The number of nitrogens with one attached hydrogen (secondary N) is 1. The third-order valence-electron chi connectivity index (χ3n) is 2.63. The van der Waals surface area contributed by atoms with E-state index in [4.69, 9.17) is 23.2 Å². The van der Waals surface area contributed by atoms with E-state index in [0.29, 0.717) is 5.92 Å². The molecule has 0 saturated heterocycles. The first kappa shape index (κ1) is 16.7. The van der Waals surface area contributed by atoms with Gasteiger partial charge in [-0.05, 0) is 18.4 Å². The molecule has 5 nitrogen and oxygen atoms in total. The average molecular weight is 319 g/mol. The van der Waals surface area contributed by atoms with Crippen molar-refractivity contribution in [2.24, 2.45) is 5.92 Å². The molecule has 0 radical (unpaired) electrons. The van der Waals surface area contributed by atoms with Crippen LogP contribution in [0.1, 0.15) is 30.6 Å². The Morgan fingerprint density at radius 1 is 1.45 bits per heavy atom. The molecule has 1 N–H and O–H groups in total. The number of amides is 1. The summed E-state index contributed by atoms with van der Waals surface area (Å²) >= 11 is 11.9. The molecule has 1 unspecified atom stereocenters. The highest BCUT2D eigenvalue weighted by Gasteiger charge is 2.23. The zero-order valence-corrected chi connectivity index (χ0v) is 12.7. The van der Waals surface area contributed by atoms with Crippen LogP contribution in [0.3, 0.4) is 0 Å². The third-order valence-corrected chi connectivity index (χ3v) is 3.27. The second-order valence-corrected chi connectivity index (χ2v) is 5.85. The van der Waals surface area contributed by atoms with Crippen LogP contribution in [0.4, 0.5) is 5.69 Å². The molecule has 0 heterocycles. The molecule has 0 aliphatic rings. The van der Waals surface area contributed by atoms with Crippen molar-refractivity contribution in [1.29, 1.82) is 0 Å². The van der Waals surface area contributed by atoms with Crippen LogP contribution < -0.4 is 5.32 Å². The van der Waals surface area contributed by atoms with Crippen molar-refractivity contribution in [3.8, 4) is 0 Å². The Kier molecular flexibility index (Phi) is 6.23. The van der Waals surface area contributed by atoms with Crippen LogP contribution in [0.25, 0.3) is 0 Å². The number of nitro benzene ring substituents is 1. The molecule has 1 atom stereocenters. The molecule has 1 aromatic carbocycles. The Hall–Kier alpha value is -1.33. The molecule has 1 rings (SSSR count). The normalized spacial score (nSPS) is 12.2. The summed E-state index contributed by atoms with van der Waals surface area (Å²) in [5.41, 5.74) is -0.447. The van der Waals surface area contributed by atoms with E-state index >= 15 is 0 Å². The predicted molar refractivity (Wildman–Crippen MR) is 79.5 cm³/mol. The third kappa shape index (κ3) is 4.65. The van der Waals surface area contributed by atoms with Crippen molar-refractivity contribution in [2.75, 3.05) is 6.54 Å². The first-order valence-corrected chi connectivity index (χ1v) is 6.99. The van der Waals surface area contributed by atoms with Gasteiger partial charge in [-0.3, -0.25) is 14.9 Å². The quantitative estimate of drug-likeness (QED) is 0.494. The van der Waals surface area contributed by atoms with E-state index in [-0.39, 0.29) is 28.2 Å². The number of nitrogens with zero attached hydrogens (tertiary/aromatic N) is 1. The number of alkyl halides is 1. The smallest absolute Gasteiger partial charge is 0.283 e. The van der Waals surface area contributed by atoms with Gasteiger partial charge in [0.05, 0.1) is 15.3 Å². The lowest BCUT2D eigenvalue weighted by molar-refractivity contribution is -0.385. The van der Waals surface area contributed by atoms with Gasteiger partial charge in [0.15, 0.2) is 0 Å². The number of carbonyl (C=O) groups excluding carboxylic acids is 1. The highest BCUT2D eigenvalue weighted by molar-refractivity contribution is 6.34. The lowest BCUT2D eigenvalue weighted by Gasteiger charge is -2.13. The van der Waals surface area contributed by atoms with Crippen LogP contribution in [-0.4, -0.2) is 22.8 Å². The van der Waals surface area contributed by atoms with Crippen molar-refractivity contribution in [2.45, 2.75) is 25.6 Å². The maximum atomic E-state index is 12.0. The lowest BCUT2D eigenvalue weighted by atomic mass is 10.1. The zero-order valence-electron chi connectivity index (χ0n) is 11.2. The topological polar surface area (TPSA) is 72.2 Å². The Morgan fingerprint density at radius 2 is 2.10 bits per heavy atom. The average Bonchev–Trinajstić information content (AvgIpc) is 2.34. The number of rotatable bonds is 6. The standard InChI is InChI=1S/C13H16Cl2N2O3/c1-8(2)6-9(14)7-16-13(18)12-10(15)4-3-5-11(12)17(19)20/h3-5,8-9H,6-7H2,1-2H3,(H,16,18). The summed E-state index contributed by atoms with van der Waals surface area (Å²) in [7, 11) is 0. The SMILES string of the molecule is CC(C)CC(Cl)CNC(=O)c1c(Cl)cccc1[N+](=O)[O-]. The molecule has 0 bridgehead atoms. The molecule has 0 aromatic heterocycles. The molecule has 1 aromatic rings. The maximum Gasteiger partial charge on any atom is 0.283 e. The van der Waals surface area contributed by atoms with Crippen LogP contribution in [0, 0.1) is 16.0 Å². The fourth-order valence-corrected chi connectivity index (χ4v) is 2.47. The summed E-state index contributed by atoms with van der Waals surface area (Å²) in [4.78, 5) is 22.3. The van der Waals surface area contributed by atoms with E-state index in [1.165, 1.54) is 18.2 Å². The lowest BCUT2D eigenvalue weighted by Crippen LogP contribution is -2.31. The highest BCUT2D eigenvalue weighted by atomic mass is 35.5.